The standard InChI is InChI=1S/C25H24Cl2N4O2S/c26-19-4-5-22(21(27)9-19)31-24-18(8-15-6-7-34-14-15)12-33-13-20(24)23(28-31)25(32)29-30-10-16-2-1-3-17(16)11-30/h4-9,14,16-17H,1-3,10-13H2,(H,29,32)/b18-8+. The number of carbonyl (C=O) groups is 1. The average molecular weight is 515 g/mol. The van der Waals surface area contributed by atoms with Crippen molar-refractivity contribution in [3.63, 3.8) is 0 Å². The molecule has 3 aliphatic rings. The zero-order valence-electron chi connectivity index (χ0n) is 18.5. The van der Waals surface area contributed by atoms with E-state index in [4.69, 9.17) is 33.0 Å². The van der Waals surface area contributed by atoms with Crippen molar-refractivity contribution in [1.82, 2.24) is 20.2 Å². The summed E-state index contributed by atoms with van der Waals surface area (Å²) in [6, 6.07) is 7.36. The van der Waals surface area contributed by atoms with E-state index in [9.17, 15) is 4.79 Å². The monoisotopic (exact) mass is 514 g/mol. The molecule has 0 bridgehead atoms. The molecule has 6 nitrogen and oxygen atoms in total. The molecule has 2 unspecified atom stereocenters. The van der Waals surface area contributed by atoms with Crippen LogP contribution in [0.5, 0.6) is 0 Å². The minimum atomic E-state index is -0.208. The Labute approximate surface area is 212 Å². The molecule has 34 heavy (non-hydrogen) atoms. The van der Waals surface area contributed by atoms with E-state index in [1.807, 2.05) is 11.4 Å². The maximum Gasteiger partial charge on any atom is 0.286 e. The normalized spacial score (nSPS) is 23.3. The minimum Gasteiger partial charge on any atom is -0.372 e. The van der Waals surface area contributed by atoms with Crippen molar-refractivity contribution in [2.75, 3.05) is 19.7 Å². The van der Waals surface area contributed by atoms with Crippen molar-refractivity contribution in [3.8, 4) is 5.69 Å². The van der Waals surface area contributed by atoms with Crippen LogP contribution in [0.1, 0.15) is 46.6 Å². The molecule has 1 saturated carbocycles. The van der Waals surface area contributed by atoms with E-state index in [1.54, 1.807) is 28.2 Å². The second-order valence-corrected chi connectivity index (χ2v) is 10.8. The summed E-state index contributed by atoms with van der Waals surface area (Å²) in [5.41, 5.74) is 7.82. The molecule has 2 aromatic heterocycles. The van der Waals surface area contributed by atoms with Gasteiger partial charge in [-0.3, -0.25) is 10.2 Å². The van der Waals surface area contributed by atoms with Crippen molar-refractivity contribution in [2.45, 2.75) is 25.9 Å². The van der Waals surface area contributed by atoms with E-state index in [0.29, 0.717) is 46.5 Å². The lowest BCUT2D eigenvalue weighted by molar-refractivity contribution is 0.0802. The SMILES string of the molecule is O=C(NN1CC2CCCC2C1)c1nn(-c2ccc(Cl)cc2Cl)c2c1COC/C2=C\c1ccsc1. The summed E-state index contributed by atoms with van der Waals surface area (Å²) in [6.07, 6.45) is 5.88. The van der Waals surface area contributed by atoms with Crippen LogP contribution in [0, 0.1) is 11.8 Å². The molecule has 1 aliphatic carbocycles. The van der Waals surface area contributed by atoms with Crippen LogP contribution in [0.3, 0.4) is 0 Å². The fraction of sp³-hybridized carbons (Fsp3) is 0.360. The van der Waals surface area contributed by atoms with Crippen LogP contribution in [0.25, 0.3) is 17.3 Å². The Kier molecular flexibility index (Phi) is 5.99. The molecule has 3 aromatic rings. The second kappa shape index (κ2) is 9.13. The van der Waals surface area contributed by atoms with Gasteiger partial charge in [0.2, 0.25) is 0 Å². The Hall–Kier alpha value is -2.16. The van der Waals surface area contributed by atoms with Gasteiger partial charge in [-0.15, -0.1) is 0 Å². The molecule has 176 valence electrons. The number of rotatable bonds is 4. The first-order valence-corrected chi connectivity index (χ1v) is 13.2. The van der Waals surface area contributed by atoms with Gasteiger partial charge in [0.1, 0.15) is 0 Å². The van der Waals surface area contributed by atoms with Crippen LogP contribution >= 0.6 is 34.5 Å². The van der Waals surface area contributed by atoms with E-state index in [-0.39, 0.29) is 5.91 Å². The van der Waals surface area contributed by atoms with E-state index in [1.165, 1.54) is 19.3 Å². The number of nitrogens with one attached hydrogen (secondary N) is 1. The van der Waals surface area contributed by atoms with Crippen LogP contribution in [0.15, 0.2) is 35.0 Å². The number of fused-ring (bicyclic) bond motifs is 2. The van der Waals surface area contributed by atoms with Gasteiger partial charge >= 0.3 is 0 Å². The third kappa shape index (κ3) is 4.10. The maximum atomic E-state index is 13.4. The number of ether oxygens (including phenoxy) is 1. The first kappa shape index (κ1) is 22.3. The van der Waals surface area contributed by atoms with Gasteiger partial charge in [-0.2, -0.15) is 16.4 Å². The summed E-state index contributed by atoms with van der Waals surface area (Å²) in [7, 11) is 0. The lowest BCUT2D eigenvalue weighted by Crippen LogP contribution is -2.41. The number of aromatic nitrogens is 2. The second-order valence-electron chi connectivity index (χ2n) is 9.20. The van der Waals surface area contributed by atoms with Gasteiger partial charge in [0.05, 0.1) is 29.6 Å². The number of nitrogens with zero attached hydrogens (tertiary/aromatic N) is 3. The quantitative estimate of drug-likeness (QED) is 0.485. The molecule has 0 spiro atoms. The molecule has 1 amide bonds. The van der Waals surface area contributed by atoms with Crippen LogP contribution in [-0.2, 0) is 11.3 Å². The molecule has 1 aromatic carbocycles. The van der Waals surface area contributed by atoms with Crippen LogP contribution in [0.4, 0.5) is 0 Å². The number of hydrogen-bond donors (Lipinski definition) is 1. The van der Waals surface area contributed by atoms with Crippen LogP contribution < -0.4 is 5.43 Å². The van der Waals surface area contributed by atoms with E-state index in [2.05, 4.69) is 28.0 Å². The lowest BCUT2D eigenvalue weighted by atomic mass is 10.0. The third-order valence-electron chi connectivity index (χ3n) is 7.01. The smallest absolute Gasteiger partial charge is 0.286 e. The lowest BCUT2D eigenvalue weighted by Gasteiger charge is -2.20. The van der Waals surface area contributed by atoms with E-state index >= 15 is 0 Å². The van der Waals surface area contributed by atoms with Crippen molar-refractivity contribution in [3.05, 3.63) is 67.6 Å². The first-order chi connectivity index (χ1) is 16.6. The zero-order valence-corrected chi connectivity index (χ0v) is 20.8. The molecule has 0 radical (unpaired) electrons. The highest BCUT2D eigenvalue weighted by Gasteiger charge is 2.38. The third-order valence-corrected chi connectivity index (χ3v) is 8.25. The summed E-state index contributed by atoms with van der Waals surface area (Å²) < 4.78 is 7.68. The Morgan fingerprint density at radius 1 is 1.18 bits per heavy atom. The van der Waals surface area contributed by atoms with Gasteiger partial charge in [-0.1, -0.05) is 29.6 Å². The molecule has 6 rings (SSSR count). The highest BCUT2D eigenvalue weighted by Crippen LogP contribution is 2.38. The first-order valence-electron chi connectivity index (χ1n) is 11.5. The number of thiophene rings is 1. The molecule has 2 aliphatic heterocycles. The fourth-order valence-corrected chi connectivity index (χ4v) is 6.56. The minimum absolute atomic E-state index is 0.208. The number of benzene rings is 1. The fourth-order valence-electron chi connectivity index (χ4n) is 5.45. The topological polar surface area (TPSA) is 59.4 Å². The highest BCUT2D eigenvalue weighted by atomic mass is 35.5. The van der Waals surface area contributed by atoms with Crippen molar-refractivity contribution < 1.29 is 9.53 Å². The summed E-state index contributed by atoms with van der Waals surface area (Å²) in [4.78, 5) is 13.4. The van der Waals surface area contributed by atoms with Crippen molar-refractivity contribution >= 4 is 52.1 Å². The Morgan fingerprint density at radius 2 is 2.00 bits per heavy atom. The van der Waals surface area contributed by atoms with E-state index < -0.39 is 0 Å². The zero-order chi connectivity index (χ0) is 23.2. The van der Waals surface area contributed by atoms with E-state index in [0.717, 1.165) is 35.5 Å². The molecule has 4 heterocycles. The highest BCUT2D eigenvalue weighted by molar-refractivity contribution is 7.08. The van der Waals surface area contributed by atoms with Gasteiger partial charge in [-0.05, 0) is 71.3 Å². The number of amides is 1. The molecule has 1 N–H and O–H groups in total. The number of carbonyl (C=O) groups excluding carboxylic acids is 1. The van der Waals surface area contributed by atoms with Gasteiger partial charge in [0.25, 0.3) is 5.91 Å². The van der Waals surface area contributed by atoms with Crippen LogP contribution in [-0.4, -0.2) is 40.4 Å². The number of hydrogen-bond acceptors (Lipinski definition) is 5. The average Bonchev–Trinajstić information content (AvgIpc) is 3.58. The molecule has 9 heteroatoms. The summed E-state index contributed by atoms with van der Waals surface area (Å²) >= 11 is 14.4. The number of hydrazine groups is 1. The summed E-state index contributed by atoms with van der Waals surface area (Å²) in [6.45, 7) is 2.55. The Morgan fingerprint density at radius 3 is 2.74 bits per heavy atom. The van der Waals surface area contributed by atoms with Gasteiger partial charge < -0.3 is 4.74 Å². The van der Waals surface area contributed by atoms with Crippen molar-refractivity contribution in [1.29, 1.82) is 0 Å². The molecular formula is C25H24Cl2N4O2S. The maximum absolute atomic E-state index is 13.4. The largest absolute Gasteiger partial charge is 0.372 e. The Balaban J connectivity index is 1.41. The number of halogens is 2. The van der Waals surface area contributed by atoms with Crippen LogP contribution in [0.2, 0.25) is 10.0 Å². The summed E-state index contributed by atoms with van der Waals surface area (Å²) in [5.74, 6) is 1.16. The Bertz CT molecular complexity index is 1260. The van der Waals surface area contributed by atoms with Gasteiger partial charge in [0.15, 0.2) is 5.69 Å². The van der Waals surface area contributed by atoms with Crippen molar-refractivity contribution in [2.24, 2.45) is 11.8 Å². The molecule has 2 atom stereocenters. The predicted octanol–water partition coefficient (Wildman–Crippen LogP) is 5.69. The summed E-state index contributed by atoms with van der Waals surface area (Å²) in [5, 5.41) is 12.0. The van der Waals surface area contributed by atoms with Gasteiger partial charge in [0, 0.05) is 29.2 Å². The predicted molar refractivity (Wildman–Crippen MR) is 135 cm³/mol. The van der Waals surface area contributed by atoms with Gasteiger partial charge in [-0.25, -0.2) is 9.69 Å². The molecule has 2 fully saturated rings. The molecule has 1 saturated heterocycles. The molecular weight excluding hydrogens is 491 g/mol.